The fraction of sp³-hybridized carbons (Fsp3) is 0.133. The van der Waals surface area contributed by atoms with Crippen LogP contribution in [0.4, 0.5) is 11.4 Å². The summed E-state index contributed by atoms with van der Waals surface area (Å²) in [6.45, 7) is 0. The van der Waals surface area contributed by atoms with Crippen molar-refractivity contribution in [3.63, 3.8) is 0 Å². The van der Waals surface area contributed by atoms with Crippen molar-refractivity contribution < 1.29 is 4.74 Å². The molecule has 0 aliphatic heterocycles. The molecule has 0 radical (unpaired) electrons. The van der Waals surface area contributed by atoms with Gasteiger partial charge in [-0.3, -0.25) is 0 Å². The van der Waals surface area contributed by atoms with Crippen LogP contribution < -0.4 is 10.1 Å². The van der Waals surface area contributed by atoms with Crippen LogP contribution in [0.3, 0.4) is 0 Å². The topological polar surface area (TPSA) is 45.0 Å². The lowest BCUT2D eigenvalue weighted by Crippen LogP contribution is -1.95. The summed E-state index contributed by atoms with van der Waals surface area (Å²) in [4.78, 5) is 1.17. The summed E-state index contributed by atoms with van der Waals surface area (Å²) >= 11 is 1.68. The first-order valence-corrected chi connectivity index (χ1v) is 6.98. The molecular weight excluding hydrogens is 256 g/mol. The van der Waals surface area contributed by atoms with Crippen LogP contribution in [-0.4, -0.2) is 13.4 Å². The number of rotatable bonds is 4. The second-order valence-electron chi connectivity index (χ2n) is 3.88. The van der Waals surface area contributed by atoms with Crippen molar-refractivity contribution in [2.45, 2.75) is 4.90 Å². The number of nitrogens with zero attached hydrogens (tertiary/aromatic N) is 1. The van der Waals surface area contributed by atoms with E-state index in [0.29, 0.717) is 5.56 Å². The number of methoxy groups -OCH3 is 1. The quantitative estimate of drug-likeness (QED) is 0.852. The highest BCUT2D eigenvalue weighted by Crippen LogP contribution is 2.27. The summed E-state index contributed by atoms with van der Waals surface area (Å²) < 4.78 is 5.18. The van der Waals surface area contributed by atoms with E-state index >= 15 is 0 Å². The predicted molar refractivity (Wildman–Crippen MR) is 79.2 cm³/mol. The smallest absolute Gasteiger partial charge is 0.121 e. The number of hydrogen-bond donors (Lipinski definition) is 1. The molecule has 2 aromatic carbocycles. The Labute approximate surface area is 117 Å². The van der Waals surface area contributed by atoms with Crippen LogP contribution in [-0.2, 0) is 0 Å². The highest BCUT2D eigenvalue weighted by molar-refractivity contribution is 7.98. The molecule has 0 aliphatic carbocycles. The maximum Gasteiger partial charge on any atom is 0.121 e. The Morgan fingerprint density at radius 2 is 2.05 bits per heavy atom. The summed E-state index contributed by atoms with van der Waals surface area (Å²) in [5, 5.41) is 12.4. The molecular formula is C15H14N2OS. The zero-order valence-electron chi connectivity index (χ0n) is 10.8. The monoisotopic (exact) mass is 270 g/mol. The van der Waals surface area contributed by atoms with E-state index in [-0.39, 0.29) is 0 Å². The summed E-state index contributed by atoms with van der Waals surface area (Å²) in [7, 11) is 1.61. The van der Waals surface area contributed by atoms with E-state index in [4.69, 9.17) is 10.00 Å². The van der Waals surface area contributed by atoms with Gasteiger partial charge in [-0.15, -0.1) is 11.8 Å². The molecule has 0 atom stereocenters. The van der Waals surface area contributed by atoms with Gasteiger partial charge in [0.25, 0.3) is 0 Å². The molecule has 0 fully saturated rings. The molecule has 0 saturated carbocycles. The second kappa shape index (κ2) is 6.17. The normalized spacial score (nSPS) is 9.74. The molecule has 0 spiro atoms. The van der Waals surface area contributed by atoms with Crippen LogP contribution in [0.1, 0.15) is 5.56 Å². The van der Waals surface area contributed by atoms with E-state index in [1.54, 1.807) is 31.0 Å². The van der Waals surface area contributed by atoms with Crippen LogP contribution in [0, 0.1) is 11.3 Å². The summed E-state index contributed by atoms with van der Waals surface area (Å²) in [5.41, 5.74) is 2.30. The number of nitriles is 1. The van der Waals surface area contributed by atoms with Crippen LogP contribution >= 0.6 is 11.8 Å². The Hall–Kier alpha value is -2.12. The van der Waals surface area contributed by atoms with Gasteiger partial charge in [0.2, 0.25) is 0 Å². The molecule has 0 unspecified atom stereocenters. The Bertz CT molecular complexity index is 620. The molecule has 0 saturated heterocycles. The largest absolute Gasteiger partial charge is 0.497 e. The fourth-order valence-electron chi connectivity index (χ4n) is 1.71. The fourth-order valence-corrected chi connectivity index (χ4v) is 2.17. The Kier molecular flexibility index (Phi) is 4.32. The van der Waals surface area contributed by atoms with Crippen molar-refractivity contribution in [2.75, 3.05) is 18.7 Å². The van der Waals surface area contributed by atoms with Gasteiger partial charge in [0, 0.05) is 16.6 Å². The lowest BCUT2D eigenvalue weighted by Gasteiger charge is -2.10. The van der Waals surface area contributed by atoms with Gasteiger partial charge in [-0.25, -0.2) is 0 Å². The molecule has 0 bridgehead atoms. The van der Waals surface area contributed by atoms with Crippen LogP contribution in [0.25, 0.3) is 0 Å². The third kappa shape index (κ3) is 3.21. The van der Waals surface area contributed by atoms with Crippen molar-refractivity contribution in [3.05, 3.63) is 48.0 Å². The van der Waals surface area contributed by atoms with Crippen molar-refractivity contribution in [1.82, 2.24) is 0 Å². The van der Waals surface area contributed by atoms with Crippen molar-refractivity contribution >= 4 is 23.1 Å². The van der Waals surface area contributed by atoms with Gasteiger partial charge in [-0.1, -0.05) is 6.07 Å². The van der Waals surface area contributed by atoms with E-state index < -0.39 is 0 Å². The number of nitrogens with one attached hydrogen (secondary N) is 1. The molecule has 1 N–H and O–H groups in total. The molecule has 0 heterocycles. The number of hydrogen-bond acceptors (Lipinski definition) is 4. The summed E-state index contributed by atoms with van der Waals surface area (Å²) in [6.07, 6.45) is 2.03. The first kappa shape index (κ1) is 13.3. The van der Waals surface area contributed by atoms with Crippen molar-refractivity contribution in [1.29, 1.82) is 5.26 Å². The van der Waals surface area contributed by atoms with Crippen LogP contribution in [0.5, 0.6) is 5.75 Å². The van der Waals surface area contributed by atoms with Gasteiger partial charge in [0.05, 0.1) is 18.4 Å². The van der Waals surface area contributed by atoms with Crippen molar-refractivity contribution in [2.24, 2.45) is 0 Å². The van der Waals surface area contributed by atoms with Crippen LogP contribution in [0.15, 0.2) is 47.4 Å². The van der Waals surface area contributed by atoms with E-state index in [9.17, 15) is 0 Å². The number of ether oxygens (including phenoxy) is 1. The minimum Gasteiger partial charge on any atom is -0.497 e. The first-order valence-electron chi connectivity index (χ1n) is 5.76. The number of thioether (sulfide) groups is 1. The highest BCUT2D eigenvalue weighted by atomic mass is 32.2. The minimum atomic E-state index is 0.593. The maximum atomic E-state index is 9.13. The molecule has 0 aliphatic rings. The number of anilines is 2. The standard InChI is InChI=1S/C15H14N2OS/c1-18-13-7-6-11(10-16)15(9-13)17-12-4-3-5-14(8-12)19-2/h3-9,17H,1-2H3. The minimum absolute atomic E-state index is 0.593. The number of benzene rings is 2. The lowest BCUT2D eigenvalue weighted by molar-refractivity contribution is 0.415. The van der Waals surface area contributed by atoms with E-state index in [0.717, 1.165) is 17.1 Å². The average Bonchev–Trinajstić information content (AvgIpc) is 2.47. The van der Waals surface area contributed by atoms with E-state index in [1.807, 2.05) is 36.6 Å². The molecule has 2 rings (SSSR count). The molecule has 96 valence electrons. The zero-order valence-corrected chi connectivity index (χ0v) is 11.6. The molecule has 19 heavy (non-hydrogen) atoms. The Morgan fingerprint density at radius 3 is 2.74 bits per heavy atom. The first-order chi connectivity index (χ1) is 9.26. The zero-order chi connectivity index (χ0) is 13.7. The molecule has 2 aromatic rings. The van der Waals surface area contributed by atoms with Crippen LogP contribution in [0.2, 0.25) is 0 Å². The van der Waals surface area contributed by atoms with Gasteiger partial charge in [-0.2, -0.15) is 5.26 Å². The second-order valence-corrected chi connectivity index (χ2v) is 4.76. The third-order valence-corrected chi connectivity index (χ3v) is 3.42. The third-order valence-electron chi connectivity index (χ3n) is 2.70. The Balaban J connectivity index is 2.33. The molecule has 0 aromatic heterocycles. The maximum absolute atomic E-state index is 9.13. The lowest BCUT2D eigenvalue weighted by atomic mass is 10.1. The van der Waals surface area contributed by atoms with Gasteiger partial charge >= 0.3 is 0 Å². The summed E-state index contributed by atoms with van der Waals surface area (Å²) in [5.74, 6) is 0.725. The average molecular weight is 270 g/mol. The predicted octanol–water partition coefficient (Wildman–Crippen LogP) is 4.03. The molecule has 4 heteroatoms. The van der Waals surface area contributed by atoms with E-state index in [2.05, 4.69) is 11.4 Å². The van der Waals surface area contributed by atoms with Gasteiger partial charge in [0.15, 0.2) is 0 Å². The van der Waals surface area contributed by atoms with E-state index in [1.165, 1.54) is 4.90 Å². The molecule has 3 nitrogen and oxygen atoms in total. The van der Waals surface area contributed by atoms with Crippen molar-refractivity contribution in [3.8, 4) is 11.8 Å². The van der Waals surface area contributed by atoms with Gasteiger partial charge in [0.1, 0.15) is 11.8 Å². The highest BCUT2D eigenvalue weighted by Gasteiger charge is 2.05. The SMILES string of the molecule is COc1ccc(C#N)c(Nc2cccc(SC)c2)c1. The summed E-state index contributed by atoms with van der Waals surface area (Å²) in [6, 6.07) is 15.6. The Morgan fingerprint density at radius 1 is 1.21 bits per heavy atom. The van der Waals surface area contributed by atoms with Gasteiger partial charge in [-0.05, 0) is 36.6 Å². The van der Waals surface area contributed by atoms with Gasteiger partial charge < -0.3 is 10.1 Å². The molecule has 0 amide bonds.